The highest BCUT2D eigenvalue weighted by atomic mass is 16.7. The Labute approximate surface area is 148 Å². The molecule has 138 valence electrons. The second-order valence-corrected chi connectivity index (χ2v) is 6.23. The first-order valence-corrected chi connectivity index (χ1v) is 8.97. The summed E-state index contributed by atoms with van der Waals surface area (Å²) in [6.45, 7) is 8.47. The summed E-state index contributed by atoms with van der Waals surface area (Å²) in [6.07, 6.45) is 0.851. The molecule has 3 rings (SSSR count). The number of piperazine rings is 1. The fourth-order valence-electron chi connectivity index (χ4n) is 3.03. The highest BCUT2D eigenvalue weighted by molar-refractivity contribution is 5.74. The number of urea groups is 1. The van der Waals surface area contributed by atoms with Gasteiger partial charge in [0.15, 0.2) is 11.5 Å². The van der Waals surface area contributed by atoms with Crippen molar-refractivity contribution < 1.29 is 19.0 Å². The van der Waals surface area contributed by atoms with Crippen LogP contribution < -0.4 is 14.8 Å². The molecule has 2 aliphatic rings. The SMILES string of the molecule is CCOCCCNC(=O)N1CCN(Cc2ccc3c(c2)OCO3)CC1. The lowest BCUT2D eigenvalue weighted by Gasteiger charge is -2.34. The number of benzene rings is 1. The third kappa shape index (κ3) is 4.99. The van der Waals surface area contributed by atoms with Crippen LogP contribution in [-0.2, 0) is 11.3 Å². The summed E-state index contributed by atoms with van der Waals surface area (Å²) < 4.78 is 16.0. The van der Waals surface area contributed by atoms with Gasteiger partial charge >= 0.3 is 6.03 Å². The predicted molar refractivity (Wildman–Crippen MR) is 93.9 cm³/mol. The molecule has 7 nitrogen and oxygen atoms in total. The molecule has 0 bridgehead atoms. The zero-order valence-corrected chi connectivity index (χ0v) is 14.8. The van der Waals surface area contributed by atoms with Crippen LogP contribution in [0, 0.1) is 0 Å². The van der Waals surface area contributed by atoms with E-state index in [2.05, 4.69) is 16.3 Å². The first-order valence-electron chi connectivity index (χ1n) is 8.97. The molecule has 25 heavy (non-hydrogen) atoms. The van der Waals surface area contributed by atoms with Crippen molar-refractivity contribution in [3.8, 4) is 11.5 Å². The van der Waals surface area contributed by atoms with Crippen molar-refractivity contribution in [3.63, 3.8) is 0 Å². The van der Waals surface area contributed by atoms with Gasteiger partial charge in [-0.25, -0.2) is 4.79 Å². The Balaban J connectivity index is 1.37. The number of fused-ring (bicyclic) bond motifs is 1. The number of hydrogen-bond acceptors (Lipinski definition) is 5. The molecule has 0 aliphatic carbocycles. The molecule has 0 radical (unpaired) electrons. The van der Waals surface area contributed by atoms with Crippen LogP contribution in [0.1, 0.15) is 18.9 Å². The summed E-state index contributed by atoms with van der Waals surface area (Å²) in [5.74, 6) is 1.64. The van der Waals surface area contributed by atoms with E-state index in [1.807, 2.05) is 24.0 Å². The van der Waals surface area contributed by atoms with E-state index in [0.717, 1.165) is 57.3 Å². The molecule has 0 unspecified atom stereocenters. The van der Waals surface area contributed by atoms with E-state index < -0.39 is 0 Å². The summed E-state index contributed by atoms with van der Waals surface area (Å²) in [5.41, 5.74) is 1.21. The van der Waals surface area contributed by atoms with Gasteiger partial charge in [0.25, 0.3) is 0 Å². The zero-order chi connectivity index (χ0) is 17.5. The Morgan fingerprint density at radius 1 is 1.20 bits per heavy atom. The van der Waals surface area contributed by atoms with Crippen LogP contribution in [0.3, 0.4) is 0 Å². The largest absolute Gasteiger partial charge is 0.454 e. The van der Waals surface area contributed by atoms with Gasteiger partial charge in [0.05, 0.1) is 0 Å². The lowest BCUT2D eigenvalue weighted by Crippen LogP contribution is -2.51. The molecule has 1 fully saturated rings. The van der Waals surface area contributed by atoms with Crippen molar-refractivity contribution in [2.24, 2.45) is 0 Å². The van der Waals surface area contributed by atoms with E-state index in [1.54, 1.807) is 0 Å². The summed E-state index contributed by atoms with van der Waals surface area (Å²) >= 11 is 0. The standard InChI is InChI=1S/C18H27N3O4/c1-2-23-11-3-6-19-18(22)21-9-7-20(8-10-21)13-15-4-5-16-17(12-15)25-14-24-16/h4-5,12H,2-3,6-11,13-14H2,1H3,(H,19,22). The number of nitrogens with one attached hydrogen (secondary N) is 1. The summed E-state index contributed by atoms with van der Waals surface area (Å²) in [7, 11) is 0. The maximum Gasteiger partial charge on any atom is 0.317 e. The zero-order valence-electron chi connectivity index (χ0n) is 14.8. The number of carbonyl (C=O) groups excluding carboxylic acids is 1. The number of rotatable bonds is 7. The van der Waals surface area contributed by atoms with Crippen LogP contribution in [0.25, 0.3) is 0 Å². The minimum atomic E-state index is 0.0271. The maximum atomic E-state index is 12.1. The molecule has 2 amide bonds. The maximum absolute atomic E-state index is 12.1. The molecule has 0 atom stereocenters. The van der Waals surface area contributed by atoms with Gasteiger partial charge in [0, 0.05) is 52.5 Å². The Morgan fingerprint density at radius 2 is 2.00 bits per heavy atom. The molecule has 0 aromatic heterocycles. The molecule has 2 aliphatic heterocycles. The molecule has 7 heteroatoms. The lowest BCUT2D eigenvalue weighted by molar-refractivity contribution is 0.131. The van der Waals surface area contributed by atoms with Gasteiger partial charge in [0.1, 0.15) is 0 Å². The number of hydrogen-bond donors (Lipinski definition) is 1. The first kappa shape index (κ1) is 17.8. The molecular weight excluding hydrogens is 322 g/mol. The van der Waals surface area contributed by atoms with Crippen molar-refractivity contribution in [1.29, 1.82) is 0 Å². The minimum absolute atomic E-state index is 0.0271. The van der Waals surface area contributed by atoms with Gasteiger partial charge in [-0.05, 0) is 31.0 Å². The topological polar surface area (TPSA) is 63.3 Å². The van der Waals surface area contributed by atoms with Gasteiger partial charge in [-0.15, -0.1) is 0 Å². The predicted octanol–water partition coefficient (Wildman–Crippen LogP) is 1.67. The van der Waals surface area contributed by atoms with Crippen molar-refractivity contribution in [2.75, 3.05) is 52.7 Å². The van der Waals surface area contributed by atoms with Crippen LogP contribution in [0.2, 0.25) is 0 Å². The Kier molecular flexibility index (Phi) is 6.36. The Bertz CT molecular complexity index is 573. The van der Waals surface area contributed by atoms with E-state index >= 15 is 0 Å². The van der Waals surface area contributed by atoms with Crippen LogP contribution in [0.4, 0.5) is 4.79 Å². The van der Waals surface area contributed by atoms with Gasteiger partial charge in [-0.2, -0.15) is 0 Å². The van der Waals surface area contributed by atoms with E-state index in [1.165, 1.54) is 5.56 Å². The highest BCUT2D eigenvalue weighted by Gasteiger charge is 2.21. The Hall–Kier alpha value is -1.99. The van der Waals surface area contributed by atoms with E-state index in [-0.39, 0.29) is 6.03 Å². The summed E-state index contributed by atoms with van der Waals surface area (Å²) in [6, 6.07) is 6.10. The van der Waals surface area contributed by atoms with E-state index in [4.69, 9.17) is 14.2 Å². The average molecular weight is 349 g/mol. The van der Waals surface area contributed by atoms with E-state index in [0.29, 0.717) is 19.9 Å². The second kappa shape index (κ2) is 8.92. The van der Waals surface area contributed by atoms with Crippen molar-refractivity contribution in [1.82, 2.24) is 15.1 Å². The number of amides is 2. The average Bonchev–Trinajstić information content (AvgIpc) is 3.10. The quantitative estimate of drug-likeness (QED) is 0.759. The van der Waals surface area contributed by atoms with Crippen molar-refractivity contribution in [2.45, 2.75) is 19.9 Å². The van der Waals surface area contributed by atoms with Gasteiger partial charge < -0.3 is 24.4 Å². The van der Waals surface area contributed by atoms with Gasteiger partial charge in [0.2, 0.25) is 6.79 Å². The third-order valence-electron chi connectivity index (χ3n) is 4.45. The molecule has 0 saturated carbocycles. The Morgan fingerprint density at radius 3 is 2.80 bits per heavy atom. The smallest absolute Gasteiger partial charge is 0.317 e. The molecule has 1 saturated heterocycles. The number of carbonyl (C=O) groups is 1. The molecular formula is C18H27N3O4. The fraction of sp³-hybridized carbons (Fsp3) is 0.611. The molecule has 2 heterocycles. The molecule has 1 aromatic rings. The number of nitrogens with zero attached hydrogens (tertiary/aromatic N) is 2. The second-order valence-electron chi connectivity index (χ2n) is 6.23. The van der Waals surface area contributed by atoms with E-state index in [9.17, 15) is 4.79 Å². The lowest BCUT2D eigenvalue weighted by atomic mass is 10.1. The van der Waals surface area contributed by atoms with Crippen LogP contribution >= 0.6 is 0 Å². The fourth-order valence-corrected chi connectivity index (χ4v) is 3.03. The van der Waals surface area contributed by atoms with Crippen LogP contribution in [-0.4, -0.2) is 68.6 Å². The van der Waals surface area contributed by atoms with Crippen molar-refractivity contribution >= 4 is 6.03 Å². The number of ether oxygens (including phenoxy) is 3. The minimum Gasteiger partial charge on any atom is -0.454 e. The molecule has 1 aromatic carbocycles. The van der Waals surface area contributed by atoms with Crippen molar-refractivity contribution in [3.05, 3.63) is 23.8 Å². The normalized spacial score (nSPS) is 16.9. The highest BCUT2D eigenvalue weighted by Crippen LogP contribution is 2.32. The van der Waals surface area contributed by atoms with Gasteiger partial charge in [-0.3, -0.25) is 4.90 Å². The monoisotopic (exact) mass is 349 g/mol. The third-order valence-corrected chi connectivity index (χ3v) is 4.45. The van der Waals surface area contributed by atoms with Crippen LogP contribution in [0.5, 0.6) is 11.5 Å². The summed E-state index contributed by atoms with van der Waals surface area (Å²) in [4.78, 5) is 16.4. The first-order chi connectivity index (χ1) is 12.3. The van der Waals surface area contributed by atoms with Crippen LogP contribution in [0.15, 0.2) is 18.2 Å². The van der Waals surface area contributed by atoms with Gasteiger partial charge in [-0.1, -0.05) is 6.07 Å². The summed E-state index contributed by atoms with van der Waals surface area (Å²) in [5, 5.41) is 2.96. The molecule has 1 N–H and O–H groups in total. The molecule has 0 spiro atoms.